The van der Waals surface area contributed by atoms with Gasteiger partial charge in [0.2, 0.25) is 0 Å². The molecule has 72 valence electrons. The van der Waals surface area contributed by atoms with E-state index >= 15 is 0 Å². The van der Waals surface area contributed by atoms with Crippen LogP contribution >= 0.6 is 0 Å². The number of nitrogens with zero attached hydrogens (tertiary/aromatic N) is 1. The highest BCUT2D eigenvalue weighted by molar-refractivity contribution is 5.52. The molecule has 0 aliphatic carbocycles. The predicted molar refractivity (Wildman–Crippen MR) is 51.9 cm³/mol. The Hall–Kier alpha value is -1.84. The van der Waals surface area contributed by atoms with Crippen molar-refractivity contribution in [1.82, 2.24) is 9.97 Å². The van der Waals surface area contributed by atoms with E-state index in [2.05, 4.69) is 9.97 Å². The molecule has 2 heterocycles. The van der Waals surface area contributed by atoms with E-state index in [0.29, 0.717) is 5.82 Å². The highest BCUT2D eigenvalue weighted by atomic mass is 16.3. The van der Waals surface area contributed by atoms with Gasteiger partial charge in [0.1, 0.15) is 12.1 Å². The lowest BCUT2D eigenvalue weighted by molar-refractivity contribution is 0.568. The normalized spacial score (nSPS) is 10.4. The third kappa shape index (κ3) is 1.59. The van der Waals surface area contributed by atoms with E-state index in [1.54, 1.807) is 18.6 Å². The van der Waals surface area contributed by atoms with Gasteiger partial charge in [0.05, 0.1) is 11.8 Å². The van der Waals surface area contributed by atoms with Gasteiger partial charge >= 0.3 is 0 Å². The second-order valence-electron chi connectivity index (χ2n) is 2.95. The molecule has 0 bridgehead atoms. The molecule has 0 fully saturated rings. The first kappa shape index (κ1) is 8.74. The van der Waals surface area contributed by atoms with Crippen LogP contribution in [0.3, 0.4) is 0 Å². The van der Waals surface area contributed by atoms with Crippen molar-refractivity contribution in [2.24, 2.45) is 0 Å². The van der Waals surface area contributed by atoms with Crippen LogP contribution in [0.4, 0.5) is 0 Å². The van der Waals surface area contributed by atoms with Crippen molar-refractivity contribution in [2.45, 2.75) is 13.3 Å². The summed E-state index contributed by atoms with van der Waals surface area (Å²) in [6.45, 7) is 1.96. The average Bonchev–Trinajstić information content (AvgIpc) is 2.69. The Balaban J connectivity index is 2.54. The largest absolute Gasteiger partial charge is 0.472 e. The van der Waals surface area contributed by atoms with Crippen LogP contribution in [0.15, 0.2) is 33.9 Å². The van der Waals surface area contributed by atoms with Crippen LogP contribution in [-0.2, 0) is 6.42 Å². The molecule has 4 nitrogen and oxygen atoms in total. The van der Waals surface area contributed by atoms with Crippen molar-refractivity contribution in [3.05, 3.63) is 40.7 Å². The summed E-state index contributed by atoms with van der Waals surface area (Å²) in [4.78, 5) is 18.2. The monoisotopic (exact) mass is 190 g/mol. The number of hydrogen-bond acceptors (Lipinski definition) is 3. The Bertz CT molecular complexity index is 471. The van der Waals surface area contributed by atoms with Crippen LogP contribution in [0.5, 0.6) is 0 Å². The Morgan fingerprint density at radius 2 is 2.43 bits per heavy atom. The first-order valence-electron chi connectivity index (χ1n) is 4.42. The van der Waals surface area contributed by atoms with Crippen molar-refractivity contribution in [2.75, 3.05) is 0 Å². The van der Waals surface area contributed by atoms with E-state index in [9.17, 15) is 4.79 Å². The fourth-order valence-corrected chi connectivity index (χ4v) is 1.22. The first-order chi connectivity index (χ1) is 6.79. The van der Waals surface area contributed by atoms with Gasteiger partial charge in [-0.3, -0.25) is 4.79 Å². The maximum absolute atomic E-state index is 11.2. The van der Waals surface area contributed by atoms with Gasteiger partial charge in [-0.2, -0.15) is 0 Å². The molecule has 14 heavy (non-hydrogen) atoms. The summed E-state index contributed by atoms with van der Waals surface area (Å²) in [6, 6.07) is 3.27. The fraction of sp³-hybridized carbons (Fsp3) is 0.200. The molecule has 4 heteroatoms. The molecule has 0 unspecified atom stereocenters. The molecule has 0 spiro atoms. The SMILES string of the molecule is CCc1cc(=O)[nH]c(-c2ccoc2)n1. The van der Waals surface area contributed by atoms with Crippen molar-refractivity contribution in [3.8, 4) is 11.4 Å². The zero-order chi connectivity index (χ0) is 9.97. The van der Waals surface area contributed by atoms with Crippen LogP contribution in [0.1, 0.15) is 12.6 Å². The Morgan fingerprint density at radius 1 is 1.57 bits per heavy atom. The summed E-state index contributed by atoms with van der Waals surface area (Å²) in [5.41, 5.74) is 1.44. The minimum Gasteiger partial charge on any atom is -0.472 e. The number of aryl methyl sites for hydroxylation is 1. The minimum atomic E-state index is -0.131. The molecule has 2 aromatic rings. The molecule has 0 atom stereocenters. The van der Waals surface area contributed by atoms with E-state index in [1.165, 1.54) is 6.07 Å². The summed E-state index contributed by atoms with van der Waals surface area (Å²) < 4.78 is 4.92. The van der Waals surface area contributed by atoms with Crippen molar-refractivity contribution in [3.63, 3.8) is 0 Å². The second-order valence-corrected chi connectivity index (χ2v) is 2.95. The summed E-state index contributed by atoms with van der Waals surface area (Å²) >= 11 is 0. The number of H-pyrrole nitrogens is 1. The zero-order valence-electron chi connectivity index (χ0n) is 7.78. The van der Waals surface area contributed by atoms with Gasteiger partial charge in [-0.15, -0.1) is 0 Å². The van der Waals surface area contributed by atoms with Crippen LogP contribution < -0.4 is 5.56 Å². The molecular weight excluding hydrogens is 180 g/mol. The van der Waals surface area contributed by atoms with Crippen molar-refractivity contribution >= 4 is 0 Å². The topological polar surface area (TPSA) is 58.9 Å². The fourth-order valence-electron chi connectivity index (χ4n) is 1.22. The van der Waals surface area contributed by atoms with Crippen LogP contribution in [0, 0.1) is 0 Å². The van der Waals surface area contributed by atoms with Gasteiger partial charge in [-0.25, -0.2) is 4.98 Å². The average molecular weight is 190 g/mol. The zero-order valence-corrected chi connectivity index (χ0v) is 7.78. The number of hydrogen-bond donors (Lipinski definition) is 1. The van der Waals surface area contributed by atoms with Gasteiger partial charge in [-0.05, 0) is 12.5 Å². The third-order valence-electron chi connectivity index (χ3n) is 1.95. The second kappa shape index (κ2) is 3.49. The molecular formula is C10H10N2O2. The molecule has 2 rings (SSSR count). The minimum absolute atomic E-state index is 0.131. The van der Waals surface area contributed by atoms with Gasteiger partial charge in [0, 0.05) is 11.8 Å². The lowest BCUT2D eigenvalue weighted by Gasteiger charge is -1.98. The van der Waals surface area contributed by atoms with E-state index in [1.807, 2.05) is 6.92 Å². The molecule has 0 saturated heterocycles. The van der Waals surface area contributed by atoms with E-state index < -0.39 is 0 Å². The molecule has 0 amide bonds. The number of aromatic nitrogens is 2. The number of rotatable bonds is 2. The Labute approximate surface area is 80.6 Å². The molecule has 0 aliphatic heterocycles. The number of aromatic amines is 1. The molecule has 0 saturated carbocycles. The summed E-state index contributed by atoms with van der Waals surface area (Å²) in [5.74, 6) is 0.558. The maximum Gasteiger partial charge on any atom is 0.251 e. The molecule has 0 aromatic carbocycles. The van der Waals surface area contributed by atoms with Gasteiger partial charge in [0.25, 0.3) is 5.56 Å². The first-order valence-corrected chi connectivity index (χ1v) is 4.42. The smallest absolute Gasteiger partial charge is 0.251 e. The number of furan rings is 1. The predicted octanol–water partition coefficient (Wildman–Crippen LogP) is 1.59. The third-order valence-corrected chi connectivity index (χ3v) is 1.95. The quantitative estimate of drug-likeness (QED) is 0.782. The van der Waals surface area contributed by atoms with Gasteiger partial charge in [-0.1, -0.05) is 6.92 Å². The Kier molecular flexibility index (Phi) is 2.18. The highest BCUT2D eigenvalue weighted by Crippen LogP contribution is 2.13. The Morgan fingerprint density at radius 3 is 3.07 bits per heavy atom. The molecule has 1 N–H and O–H groups in total. The van der Waals surface area contributed by atoms with Gasteiger partial charge in [0.15, 0.2) is 0 Å². The van der Waals surface area contributed by atoms with Crippen LogP contribution in [0.25, 0.3) is 11.4 Å². The lowest BCUT2D eigenvalue weighted by atomic mass is 10.3. The van der Waals surface area contributed by atoms with E-state index in [0.717, 1.165) is 17.7 Å². The van der Waals surface area contributed by atoms with Crippen LogP contribution in [0.2, 0.25) is 0 Å². The van der Waals surface area contributed by atoms with E-state index in [4.69, 9.17) is 4.42 Å². The molecule has 0 aliphatic rings. The van der Waals surface area contributed by atoms with E-state index in [-0.39, 0.29) is 5.56 Å². The molecule has 2 aromatic heterocycles. The van der Waals surface area contributed by atoms with Crippen molar-refractivity contribution in [1.29, 1.82) is 0 Å². The van der Waals surface area contributed by atoms with Gasteiger partial charge < -0.3 is 9.40 Å². The summed E-state index contributed by atoms with van der Waals surface area (Å²) in [7, 11) is 0. The van der Waals surface area contributed by atoms with Crippen LogP contribution in [-0.4, -0.2) is 9.97 Å². The maximum atomic E-state index is 11.2. The standard InChI is InChI=1S/C10H10N2O2/c1-2-8-5-9(13)12-10(11-8)7-3-4-14-6-7/h3-6H,2H2,1H3,(H,11,12,13). The lowest BCUT2D eigenvalue weighted by Crippen LogP contribution is -2.09. The van der Waals surface area contributed by atoms with Crippen molar-refractivity contribution < 1.29 is 4.42 Å². The summed E-state index contributed by atoms with van der Waals surface area (Å²) in [6.07, 6.45) is 3.85. The summed E-state index contributed by atoms with van der Waals surface area (Å²) in [5, 5.41) is 0. The molecule has 0 radical (unpaired) electrons. The number of nitrogens with one attached hydrogen (secondary N) is 1. The highest BCUT2D eigenvalue weighted by Gasteiger charge is 2.03.